The predicted octanol–water partition coefficient (Wildman–Crippen LogP) is 2.28. The summed E-state index contributed by atoms with van der Waals surface area (Å²) in [5, 5.41) is 3.01. The van der Waals surface area contributed by atoms with E-state index in [1.54, 1.807) is 6.07 Å². The Balaban J connectivity index is 1.47. The molecule has 0 spiro atoms. The summed E-state index contributed by atoms with van der Waals surface area (Å²) in [4.78, 5) is 15.4. The molecule has 1 saturated heterocycles. The molecular weight excluding hydrogens is 454 g/mol. The number of amides is 1. The second kappa shape index (κ2) is 10.0. The minimum atomic E-state index is -3.81. The highest BCUT2D eigenvalue weighted by atomic mass is 32.2. The van der Waals surface area contributed by atoms with Crippen molar-refractivity contribution in [3.63, 3.8) is 0 Å². The second-order valence-corrected chi connectivity index (χ2v) is 11.2. The van der Waals surface area contributed by atoms with E-state index in [4.69, 9.17) is 9.47 Å². The number of methoxy groups -OCH3 is 1. The average molecular weight is 488 g/mol. The van der Waals surface area contributed by atoms with Crippen LogP contribution in [0.3, 0.4) is 0 Å². The van der Waals surface area contributed by atoms with Crippen molar-refractivity contribution in [1.29, 1.82) is 0 Å². The summed E-state index contributed by atoms with van der Waals surface area (Å²) in [5.74, 6) is -0.0954. The van der Waals surface area contributed by atoms with Crippen LogP contribution < -0.4 is 10.1 Å². The standard InChI is InChI=1S/C25H33N3O5S/c1-25(2,27-11-10-19-6-4-5-7-21(19)17-27)18-26-24(29)20-8-9-22(32-3)23(16-20)34(30,31)28-12-14-33-15-13-28/h4-9,16H,10-15,17-18H2,1-3H3,(H,26,29). The number of rotatable bonds is 7. The van der Waals surface area contributed by atoms with Gasteiger partial charge in [-0.3, -0.25) is 9.69 Å². The number of nitrogens with zero attached hydrogens (tertiary/aromatic N) is 2. The molecular formula is C25H33N3O5S. The molecule has 8 nitrogen and oxygen atoms in total. The zero-order valence-electron chi connectivity index (χ0n) is 20.0. The first kappa shape index (κ1) is 24.7. The Morgan fingerprint density at radius 1 is 1.09 bits per heavy atom. The van der Waals surface area contributed by atoms with Gasteiger partial charge in [-0.05, 0) is 49.6 Å². The van der Waals surface area contributed by atoms with E-state index in [0.29, 0.717) is 19.8 Å². The molecule has 0 unspecified atom stereocenters. The van der Waals surface area contributed by atoms with Gasteiger partial charge >= 0.3 is 0 Å². The molecule has 0 aliphatic carbocycles. The fraction of sp³-hybridized carbons (Fsp3) is 0.480. The minimum absolute atomic E-state index is 0.00329. The number of morpholine rings is 1. The second-order valence-electron chi connectivity index (χ2n) is 9.32. The molecule has 4 rings (SSSR count). The maximum atomic E-state index is 13.2. The zero-order valence-corrected chi connectivity index (χ0v) is 20.9. The molecule has 0 saturated carbocycles. The molecule has 9 heteroatoms. The number of sulfonamides is 1. The van der Waals surface area contributed by atoms with Gasteiger partial charge in [0.1, 0.15) is 10.6 Å². The van der Waals surface area contributed by atoms with Crippen molar-refractivity contribution in [2.75, 3.05) is 46.5 Å². The van der Waals surface area contributed by atoms with Crippen LogP contribution in [0.2, 0.25) is 0 Å². The largest absolute Gasteiger partial charge is 0.495 e. The first-order valence-electron chi connectivity index (χ1n) is 11.6. The highest BCUT2D eigenvalue weighted by Crippen LogP contribution is 2.29. The van der Waals surface area contributed by atoms with E-state index in [0.717, 1.165) is 19.5 Å². The normalized spacial score (nSPS) is 17.7. The summed E-state index contributed by atoms with van der Waals surface area (Å²) >= 11 is 0. The zero-order chi connectivity index (χ0) is 24.3. The van der Waals surface area contributed by atoms with E-state index in [1.165, 1.54) is 34.7 Å². The number of benzene rings is 2. The number of fused-ring (bicyclic) bond motifs is 1. The van der Waals surface area contributed by atoms with Crippen LogP contribution in [0.15, 0.2) is 47.4 Å². The number of hydrogen-bond acceptors (Lipinski definition) is 6. The third kappa shape index (κ3) is 5.12. The molecule has 1 amide bonds. The van der Waals surface area contributed by atoms with Crippen LogP contribution in [0, 0.1) is 0 Å². The van der Waals surface area contributed by atoms with Crippen molar-refractivity contribution in [3.05, 3.63) is 59.2 Å². The van der Waals surface area contributed by atoms with Gasteiger partial charge < -0.3 is 14.8 Å². The molecule has 2 aromatic carbocycles. The highest BCUT2D eigenvalue weighted by molar-refractivity contribution is 7.89. The lowest BCUT2D eigenvalue weighted by atomic mass is 9.94. The summed E-state index contributed by atoms with van der Waals surface area (Å²) in [5.41, 5.74) is 2.72. The molecule has 1 fully saturated rings. The topological polar surface area (TPSA) is 88.2 Å². The van der Waals surface area contributed by atoms with Crippen molar-refractivity contribution >= 4 is 15.9 Å². The molecule has 0 bridgehead atoms. The van der Waals surface area contributed by atoms with E-state index in [1.807, 2.05) is 0 Å². The molecule has 2 aliphatic heterocycles. The van der Waals surface area contributed by atoms with Crippen LogP contribution in [0.4, 0.5) is 0 Å². The molecule has 2 heterocycles. The highest BCUT2D eigenvalue weighted by Gasteiger charge is 2.32. The lowest BCUT2D eigenvalue weighted by Crippen LogP contribution is -2.53. The van der Waals surface area contributed by atoms with Crippen molar-refractivity contribution in [2.24, 2.45) is 0 Å². The molecule has 0 aromatic heterocycles. The van der Waals surface area contributed by atoms with Crippen molar-refractivity contribution < 1.29 is 22.7 Å². The van der Waals surface area contributed by atoms with Gasteiger partial charge in [0.15, 0.2) is 0 Å². The number of hydrogen-bond donors (Lipinski definition) is 1. The number of ether oxygens (including phenoxy) is 2. The van der Waals surface area contributed by atoms with Crippen LogP contribution in [-0.4, -0.2) is 75.6 Å². The van der Waals surface area contributed by atoms with E-state index in [9.17, 15) is 13.2 Å². The molecule has 0 radical (unpaired) electrons. The molecule has 2 aliphatic rings. The summed E-state index contributed by atoms with van der Waals surface area (Å²) in [6.07, 6.45) is 0.981. The number of carbonyl (C=O) groups is 1. The van der Waals surface area contributed by atoms with Crippen LogP contribution in [0.5, 0.6) is 5.75 Å². The summed E-state index contributed by atoms with van der Waals surface area (Å²) in [6.45, 7) is 7.66. The SMILES string of the molecule is COc1ccc(C(=O)NCC(C)(C)N2CCc3ccccc3C2)cc1S(=O)(=O)N1CCOCC1. The van der Waals surface area contributed by atoms with E-state index < -0.39 is 10.0 Å². The maximum absolute atomic E-state index is 13.2. The Hall–Kier alpha value is -2.46. The first-order valence-corrected chi connectivity index (χ1v) is 13.0. The molecule has 2 aromatic rings. The summed E-state index contributed by atoms with van der Waals surface area (Å²) in [7, 11) is -2.39. The number of nitrogens with one attached hydrogen (secondary N) is 1. The van der Waals surface area contributed by atoms with Gasteiger partial charge in [0.25, 0.3) is 5.91 Å². The van der Waals surface area contributed by atoms with Gasteiger partial charge in [-0.25, -0.2) is 8.42 Å². The quantitative estimate of drug-likeness (QED) is 0.645. The average Bonchev–Trinajstić information content (AvgIpc) is 2.87. The van der Waals surface area contributed by atoms with Crippen LogP contribution >= 0.6 is 0 Å². The molecule has 34 heavy (non-hydrogen) atoms. The lowest BCUT2D eigenvalue weighted by Gasteiger charge is -2.41. The first-order chi connectivity index (χ1) is 16.2. The Morgan fingerprint density at radius 3 is 2.50 bits per heavy atom. The Kier molecular flexibility index (Phi) is 7.28. The van der Waals surface area contributed by atoms with Gasteiger partial charge in [0.2, 0.25) is 10.0 Å². The number of carbonyl (C=O) groups excluding carboxylic acids is 1. The Labute approximate surface area is 201 Å². The fourth-order valence-electron chi connectivity index (χ4n) is 4.47. The van der Waals surface area contributed by atoms with Gasteiger partial charge in [-0.15, -0.1) is 0 Å². The van der Waals surface area contributed by atoms with Crippen molar-refractivity contribution in [3.8, 4) is 5.75 Å². The van der Waals surface area contributed by atoms with E-state index in [2.05, 4.69) is 48.3 Å². The minimum Gasteiger partial charge on any atom is -0.495 e. The lowest BCUT2D eigenvalue weighted by molar-refractivity contribution is 0.0729. The van der Waals surface area contributed by atoms with Gasteiger partial charge in [0, 0.05) is 43.8 Å². The third-order valence-corrected chi connectivity index (χ3v) is 8.60. The van der Waals surface area contributed by atoms with E-state index >= 15 is 0 Å². The monoisotopic (exact) mass is 487 g/mol. The van der Waals surface area contributed by atoms with Crippen molar-refractivity contribution in [2.45, 2.75) is 37.2 Å². The Morgan fingerprint density at radius 2 is 1.79 bits per heavy atom. The molecule has 0 atom stereocenters. The van der Waals surface area contributed by atoms with E-state index in [-0.39, 0.29) is 40.7 Å². The van der Waals surface area contributed by atoms with Gasteiger partial charge in [-0.2, -0.15) is 4.31 Å². The van der Waals surface area contributed by atoms with Crippen LogP contribution in [0.25, 0.3) is 0 Å². The maximum Gasteiger partial charge on any atom is 0.251 e. The van der Waals surface area contributed by atoms with Gasteiger partial charge in [0.05, 0.1) is 20.3 Å². The van der Waals surface area contributed by atoms with Crippen molar-refractivity contribution in [1.82, 2.24) is 14.5 Å². The summed E-state index contributed by atoms with van der Waals surface area (Å²) < 4.78 is 38.4. The smallest absolute Gasteiger partial charge is 0.251 e. The van der Waals surface area contributed by atoms with Crippen LogP contribution in [0.1, 0.15) is 35.3 Å². The fourth-order valence-corrected chi connectivity index (χ4v) is 6.06. The van der Waals surface area contributed by atoms with Crippen LogP contribution in [-0.2, 0) is 27.7 Å². The van der Waals surface area contributed by atoms with Gasteiger partial charge in [-0.1, -0.05) is 24.3 Å². The molecule has 1 N–H and O–H groups in total. The summed E-state index contributed by atoms with van der Waals surface area (Å²) in [6, 6.07) is 13.0. The third-order valence-electron chi connectivity index (χ3n) is 6.68. The predicted molar refractivity (Wildman–Crippen MR) is 130 cm³/mol. The Bertz CT molecular complexity index is 1140. The molecule has 184 valence electrons.